The molecule has 3 nitrogen and oxygen atoms in total. The monoisotopic (exact) mass is 328 g/mol. The zero-order valence-corrected chi connectivity index (χ0v) is 13.5. The van der Waals surface area contributed by atoms with Crippen LogP contribution in [0.3, 0.4) is 0 Å². The molecular formula is C9H11Cl3O3Si2. The molecule has 0 spiro atoms. The predicted molar refractivity (Wildman–Crippen MR) is 73.7 cm³/mol. The van der Waals surface area contributed by atoms with Crippen molar-refractivity contribution in [1.29, 1.82) is 0 Å². The minimum Gasteiger partial charge on any atom is -0.522 e. The van der Waals surface area contributed by atoms with Crippen LogP contribution in [0.25, 0.3) is 0 Å². The summed E-state index contributed by atoms with van der Waals surface area (Å²) in [6.07, 6.45) is 0.142. The van der Waals surface area contributed by atoms with Crippen molar-refractivity contribution in [1.82, 2.24) is 0 Å². The average molecular weight is 330 g/mol. The van der Waals surface area contributed by atoms with E-state index in [1.54, 1.807) is 0 Å². The van der Waals surface area contributed by atoms with E-state index in [-0.39, 0.29) is 6.23 Å². The molecule has 0 saturated heterocycles. The highest BCUT2D eigenvalue weighted by atomic mass is 35.8. The third kappa shape index (κ3) is 4.04. The molecule has 1 atom stereocenters. The fourth-order valence-corrected chi connectivity index (χ4v) is 3.35. The van der Waals surface area contributed by atoms with Gasteiger partial charge in [0.1, 0.15) is 17.7 Å². The molecule has 2 rings (SSSR count). The van der Waals surface area contributed by atoms with E-state index in [1.165, 1.54) is 0 Å². The van der Waals surface area contributed by atoms with Crippen molar-refractivity contribution >= 4 is 48.5 Å². The van der Waals surface area contributed by atoms with E-state index in [0.717, 1.165) is 11.3 Å². The molecule has 0 fully saturated rings. The van der Waals surface area contributed by atoms with Gasteiger partial charge in [0.25, 0.3) is 0 Å². The van der Waals surface area contributed by atoms with Crippen LogP contribution in [-0.4, -0.2) is 21.5 Å². The van der Waals surface area contributed by atoms with E-state index < -0.39 is 15.3 Å². The van der Waals surface area contributed by atoms with Crippen molar-refractivity contribution < 1.29 is 13.6 Å². The second kappa shape index (κ2) is 5.38. The van der Waals surface area contributed by atoms with E-state index >= 15 is 0 Å². The molecule has 0 aliphatic carbocycles. The maximum Gasteiger partial charge on any atom is 0.379 e. The molecule has 0 amide bonds. The molecule has 8 heteroatoms. The minimum absolute atomic E-state index is 0.142. The lowest BCUT2D eigenvalue weighted by Crippen LogP contribution is -2.27. The van der Waals surface area contributed by atoms with Gasteiger partial charge in [-0.25, -0.2) is 0 Å². The molecule has 1 aliphatic heterocycles. The Morgan fingerprint density at radius 2 is 2.18 bits per heavy atom. The predicted octanol–water partition coefficient (Wildman–Crippen LogP) is 3.02. The largest absolute Gasteiger partial charge is 0.522 e. The lowest BCUT2D eigenvalue weighted by Gasteiger charge is -2.23. The normalized spacial score (nSPS) is 19.4. The van der Waals surface area contributed by atoms with Gasteiger partial charge in [-0.05, 0) is 24.7 Å². The number of fused-ring (bicyclic) bond motifs is 1. The van der Waals surface area contributed by atoms with Gasteiger partial charge in [0.2, 0.25) is 0 Å². The first-order valence-electron chi connectivity index (χ1n) is 5.05. The summed E-state index contributed by atoms with van der Waals surface area (Å²) in [6, 6.07) is 2.80. The van der Waals surface area contributed by atoms with Crippen LogP contribution >= 0.6 is 33.2 Å². The van der Waals surface area contributed by atoms with Crippen molar-refractivity contribution in [2.45, 2.75) is 13.2 Å². The molecule has 0 N–H and O–H groups in total. The van der Waals surface area contributed by atoms with E-state index in [2.05, 4.69) is 0 Å². The van der Waals surface area contributed by atoms with Crippen molar-refractivity contribution in [2.24, 2.45) is 0 Å². The van der Waals surface area contributed by atoms with Crippen LogP contribution in [0.15, 0.2) is 18.2 Å². The zero-order valence-electron chi connectivity index (χ0n) is 9.08. The van der Waals surface area contributed by atoms with Gasteiger partial charge in [0, 0.05) is 5.56 Å². The summed E-state index contributed by atoms with van der Waals surface area (Å²) in [6.45, 7) is 2.55. The van der Waals surface area contributed by atoms with Gasteiger partial charge in [0.05, 0.1) is 6.61 Å². The standard InChI is InChI=1S/C9H11Cl3O3Si2/c1-16-14-5-7-4-8(2-3-9(7)15-16)13-6-17(10,11)12/h2-4,16H,5-6H2,1H3. The van der Waals surface area contributed by atoms with Crippen molar-refractivity contribution in [3.8, 4) is 11.5 Å². The van der Waals surface area contributed by atoms with Crippen molar-refractivity contribution in [3.63, 3.8) is 0 Å². The number of benzene rings is 1. The van der Waals surface area contributed by atoms with Crippen LogP contribution in [0.2, 0.25) is 6.55 Å². The second-order valence-corrected chi connectivity index (χ2v) is 14.4. The molecule has 1 aromatic rings. The Morgan fingerprint density at radius 3 is 2.88 bits per heavy atom. The summed E-state index contributed by atoms with van der Waals surface area (Å²) < 4.78 is 16.5. The number of ether oxygens (including phenoxy) is 1. The third-order valence-electron chi connectivity index (χ3n) is 2.20. The van der Waals surface area contributed by atoms with Gasteiger partial charge < -0.3 is 13.6 Å². The Morgan fingerprint density at radius 1 is 1.41 bits per heavy atom. The van der Waals surface area contributed by atoms with Crippen LogP contribution in [0, 0.1) is 0 Å². The first-order chi connectivity index (χ1) is 7.94. The molecule has 94 valence electrons. The Hall–Kier alpha value is 0.0838. The zero-order chi connectivity index (χ0) is 12.5. The van der Waals surface area contributed by atoms with E-state index in [0.29, 0.717) is 12.4 Å². The number of halogens is 3. The van der Waals surface area contributed by atoms with Gasteiger partial charge in [-0.15, -0.1) is 33.2 Å². The van der Waals surface area contributed by atoms with Crippen LogP contribution in [0.4, 0.5) is 0 Å². The summed E-state index contributed by atoms with van der Waals surface area (Å²) in [4.78, 5) is 0. The average Bonchev–Trinajstić information content (AvgIpc) is 2.25. The SMILES string of the molecule is C[SiH]1OCc2cc(OC[Si](Cl)(Cl)Cl)ccc2O1. The summed E-state index contributed by atoms with van der Waals surface area (Å²) in [7, 11) is -1.49. The summed E-state index contributed by atoms with van der Waals surface area (Å²) in [5.41, 5.74) is 0.971. The summed E-state index contributed by atoms with van der Waals surface area (Å²) in [5, 5.41) is 0. The number of hydrogen-bond acceptors (Lipinski definition) is 3. The molecule has 0 saturated carbocycles. The van der Waals surface area contributed by atoms with Gasteiger partial charge in [-0.3, -0.25) is 0 Å². The number of rotatable bonds is 3. The fourth-order valence-electron chi connectivity index (χ4n) is 1.46. The lowest BCUT2D eigenvalue weighted by atomic mass is 10.2. The van der Waals surface area contributed by atoms with Crippen LogP contribution in [-0.2, 0) is 11.0 Å². The highest BCUT2D eigenvalue weighted by Gasteiger charge is 2.26. The molecule has 1 aromatic carbocycles. The Labute approximate surface area is 116 Å². The van der Waals surface area contributed by atoms with Gasteiger partial charge in [0.15, 0.2) is 0 Å². The van der Waals surface area contributed by atoms with E-state index in [1.807, 2.05) is 24.7 Å². The van der Waals surface area contributed by atoms with Crippen LogP contribution < -0.4 is 9.16 Å². The maximum absolute atomic E-state index is 5.75. The molecular weight excluding hydrogens is 319 g/mol. The lowest BCUT2D eigenvalue weighted by molar-refractivity contribution is 0.232. The first kappa shape index (κ1) is 13.5. The smallest absolute Gasteiger partial charge is 0.379 e. The first-order valence-corrected chi connectivity index (χ1v) is 12.4. The Kier molecular flexibility index (Phi) is 4.28. The second-order valence-electron chi connectivity index (χ2n) is 3.67. The van der Waals surface area contributed by atoms with Crippen LogP contribution in [0.5, 0.6) is 11.5 Å². The quantitative estimate of drug-likeness (QED) is 0.630. The van der Waals surface area contributed by atoms with Gasteiger partial charge in [-0.2, -0.15) is 0 Å². The third-order valence-corrected chi connectivity index (χ3v) is 4.88. The van der Waals surface area contributed by atoms with E-state index in [9.17, 15) is 0 Å². The number of hydrogen-bond donors (Lipinski definition) is 0. The molecule has 17 heavy (non-hydrogen) atoms. The minimum atomic E-state index is -2.75. The van der Waals surface area contributed by atoms with Gasteiger partial charge in [-0.1, -0.05) is 0 Å². The highest BCUT2D eigenvalue weighted by Crippen LogP contribution is 2.29. The van der Waals surface area contributed by atoms with Crippen LogP contribution in [0.1, 0.15) is 5.56 Å². The molecule has 0 bridgehead atoms. The van der Waals surface area contributed by atoms with Gasteiger partial charge >= 0.3 is 15.3 Å². The molecule has 1 unspecified atom stereocenters. The Balaban J connectivity index is 2.06. The molecule has 0 radical (unpaired) electrons. The van der Waals surface area contributed by atoms with Crippen molar-refractivity contribution in [2.75, 3.05) is 6.23 Å². The van der Waals surface area contributed by atoms with Crippen molar-refractivity contribution in [3.05, 3.63) is 23.8 Å². The van der Waals surface area contributed by atoms with E-state index in [4.69, 9.17) is 46.8 Å². The maximum atomic E-state index is 5.75. The summed E-state index contributed by atoms with van der Waals surface area (Å²) >= 11 is 17.2. The highest BCUT2D eigenvalue weighted by molar-refractivity contribution is 7.64. The summed E-state index contributed by atoms with van der Waals surface area (Å²) in [5.74, 6) is 1.54. The molecule has 0 aromatic heterocycles. The topological polar surface area (TPSA) is 27.7 Å². The fraction of sp³-hybridized carbons (Fsp3) is 0.333. The molecule has 1 aliphatic rings. The molecule has 1 heterocycles. The Bertz CT molecular complexity index is 411.